The summed E-state index contributed by atoms with van der Waals surface area (Å²) in [7, 11) is -20.9. The summed E-state index contributed by atoms with van der Waals surface area (Å²) in [6.45, 7) is 5.05. The van der Waals surface area contributed by atoms with E-state index >= 15 is 0 Å². The van der Waals surface area contributed by atoms with Crippen LogP contribution in [0, 0.1) is 0 Å². The Kier molecular flexibility index (Phi) is 12.0. The number of hydrogen-bond acceptors (Lipinski definition) is 8. The minimum absolute atomic E-state index is 0.500. The largest absolute Gasteiger partial charge is 0.369 e. The van der Waals surface area contributed by atoms with Crippen molar-refractivity contribution < 1.29 is 62.5 Å². The number of nitrogens with two attached hydrogens (primary N) is 2. The van der Waals surface area contributed by atoms with Crippen molar-refractivity contribution in [3.8, 4) is 0 Å². The summed E-state index contributed by atoms with van der Waals surface area (Å²) in [6.07, 6.45) is -1.41. The fraction of sp³-hybridized carbons (Fsp3) is 1.00. The lowest BCUT2D eigenvalue weighted by Gasteiger charge is -2.32. The van der Waals surface area contributed by atoms with E-state index in [1.165, 1.54) is 13.8 Å². The highest BCUT2D eigenvalue weighted by molar-refractivity contribution is 7.72. The summed E-state index contributed by atoms with van der Waals surface area (Å²) in [5, 5.41) is 5.80. The molecule has 0 spiro atoms. The van der Waals surface area contributed by atoms with Crippen molar-refractivity contribution >= 4 is 30.4 Å². The smallest absolute Gasteiger partial charge is 0.367 e. The second-order valence-corrected chi connectivity index (χ2v) is 14.8. The van der Waals surface area contributed by atoms with E-state index in [4.69, 9.17) is 50.6 Å². The molecule has 2 atom stereocenters. The van der Waals surface area contributed by atoms with Gasteiger partial charge in [0.2, 0.25) is 5.02 Å². The topological polar surface area (TPSA) is 314 Å². The van der Waals surface area contributed by atoms with Crippen LogP contribution in [0.3, 0.4) is 0 Å². The second kappa shape index (κ2) is 11.0. The van der Waals surface area contributed by atoms with Crippen molar-refractivity contribution in [1.82, 2.24) is 5.32 Å². The van der Waals surface area contributed by atoms with E-state index in [0.717, 1.165) is 0 Å². The molecular weight excluding hydrogens is 494 g/mol. The monoisotopic (exact) mass is 525 g/mol. The minimum Gasteiger partial charge on any atom is -0.367 e. The highest BCUT2D eigenvalue weighted by atomic mass is 31.2. The van der Waals surface area contributed by atoms with E-state index in [0.29, 0.717) is 6.54 Å². The van der Waals surface area contributed by atoms with Crippen LogP contribution in [0.2, 0.25) is 0 Å². The lowest BCUT2D eigenvalue weighted by Crippen LogP contribution is -2.45. The summed E-state index contributed by atoms with van der Waals surface area (Å²) in [6, 6.07) is -1.48. The molecule has 0 aliphatic carbocycles. The molecule has 2 unspecified atom stereocenters. The molecule has 0 aromatic rings. The summed E-state index contributed by atoms with van der Waals surface area (Å²) in [4.78, 5) is 70.4. The molecule has 0 amide bonds. The summed E-state index contributed by atoms with van der Waals surface area (Å²) < 4.78 is 43.6. The molecule has 0 aliphatic rings. The van der Waals surface area contributed by atoms with E-state index in [-0.39, 0.29) is 0 Å². The van der Waals surface area contributed by atoms with E-state index in [9.17, 15) is 23.4 Å². The fourth-order valence-electron chi connectivity index (χ4n) is 2.12. The maximum atomic E-state index is 11.1. The standard InChI is InChI=1S/C6H18N2O6P2.C4H13NO7P2/c1-3-8-5(2)4-6(7,15(9,10)11)16(12,13)14;1-3(5)2-4(6,13(7,8)9)14(10,11)12/h5,8H,3-4,7H2,1-2H3,(H2,9,10,11)(H2,12,13,14);3,6H,2,5H2,1H3,(H2,7,8,9)(H2,10,11,12). The van der Waals surface area contributed by atoms with Crippen molar-refractivity contribution in [3.05, 3.63) is 0 Å². The third-order valence-electron chi connectivity index (χ3n) is 3.70. The van der Waals surface area contributed by atoms with Crippen LogP contribution in [0.5, 0.6) is 0 Å². The normalized spacial score (nSPS) is 16.5. The Labute approximate surface area is 172 Å². The van der Waals surface area contributed by atoms with Gasteiger partial charge in [-0.05, 0) is 20.4 Å². The molecule has 14 N–H and O–H groups in total. The van der Waals surface area contributed by atoms with Gasteiger partial charge in [-0.3, -0.25) is 18.3 Å². The quantitative estimate of drug-likeness (QED) is 0.138. The van der Waals surface area contributed by atoms with Crippen LogP contribution < -0.4 is 16.8 Å². The van der Waals surface area contributed by atoms with Gasteiger partial charge in [0.05, 0.1) is 0 Å². The Morgan fingerprint density at radius 1 is 0.800 bits per heavy atom. The van der Waals surface area contributed by atoms with Crippen molar-refractivity contribution in [1.29, 1.82) is 0 Å². The van der Waals surface area contributed by atoms with Crippen LogP contribution in [0.1, 0.15) is 33.6 Å². The molecule has 0 fully saturated rings. The highest BCUT2D eigenvalue weighted by Crippen LogP contribution is 2.69. The number of nitrogens with one attached hydrogen (secondary N) is 1. The maximum Gasteiger partial charge on any atom is 0.369 e. The van der Waals surface area contributed by atoms with E-state index in [2.05, 4.69) is 5.32 Å². The van der Waals surface area contributed by atoms with Crippen molar-refractivity contribution in [2.45, 2.75) is 55.8 Å². The molecule has 0 heterocycles. The molecule has 0 bridgehead atoms. The van der Waals surface area contributed by atoms with Crippen LogP contribution in [0.15, 0.2) is 0 Å². The Morgan fingerprint density at radius 3 is 1.30 bits per heavy atom. The van der Waals surface area contributed by atoms with E-state index < -0.39 is 65.4 Å². The number of aliphatic hydroxyl groups is 1. The van der Waals surface area contributed by atoms with Crippen LogP contribution in [-0.4, -0.2) is 73.0 Å². The third kappa shape index (κ3) is 8.76. The Bertz CT molecular complexity index is 693. The minimum atomic E-state index is -5.35. The number of rotatable bonds is 10. The number of hydrogen-bond donors (Lipinski definition) is 12. The third-order valence-corrected chi connectivity index (χ3v) is 11.4. The van der Waals surface area contributed by atoms with Crippen LogP contribution >= 0.6 is 30.4 Å². The molecule has 0 aliphatic heterocycles. The molecule has 0 aromatic heterocycles. The molecule has 0 saturated heterocycles. The zero-order chi connectivity index (χ0) is 25.0. The first-order valence-electron chi connectivity index (χ1n) is 8.10. The molecule has 0 rings (SSSR count). The SMILES string of the molecule is CC(N)CC(O)(P(=O)(O)O)P(=O)(O)O.CCNC(C)CC(N)(P(=O)(O)O)P(=O)(O)O. The molecule has 16 nitrogen and oxygen atoms in total. The molecule has 0 aromatic carbocycles. The first-order valence-corrected chi connectivity index (χ1v) is 14.5. The highest BCUT2D eigenvalue weighted by Gasteiger charge is 2.59. The molecular formula is C10H31N3O13P4. The zero-order valence-corrected chi connectivity index (χ0v) is 20.0. The lowest BCUT2D eigenvalue weighted by atomic mass is 10.2. The van der Waals surface area contributed by atoms with Gasteiger partial charge in [-0.15, -0.1) is 0 Å². The van der Waals surface area contributed by atoms with Gasteiger partial charge in [-0.25, -0.2) is 0 Å². The first kappa shape index (κ1) is 32.6. The van der Waals surface area contributed by atoms with Gasteiger partial charge in [0.1, 0.15) is 0 Å². The second-order valence-electron chi connectivity index (χ2n) is 6.67. The van der Waals surface area contributed by atoms with Crippen molar-refractivity contribution in [2.75, 3.05) is 6.54 Å². The van der Waals surface area contributed by atoms with Gasteiger partial charge in [0.25, 0.3) is 5.08 Å². The van der Waals surface area contributed by atoms with E-state index in [1.807, 2.05) is 0 Å². The van der Waals surface area contributed by atoms with Gasteiger partial charge < -0.3 is 61.0 Å². The van der Waals surface area contributed by atoms with Crippen molar-refractivity contribution in [3.63, 3.8) is 0 Å². The van der Waals surface area contributed by atoms with Gasteiger partial charge in [0, 0.05) is 24.9 Å². The molecule has 30 heavy (non-hydrogen) atoms. The summed E-state index contributed by atoms with van der Waals surface area (Å²) in [5.74, 6) is 0. The van der Waals surface area contributed by atoms with E-state index in [1.54, 1.807) is 6.92 Å². The van der Waals surface area contributed by atoms with Gasteiger partial charge in [-0.2, -0.15) is 0 Å². The van der Waals surface area contributed by atoms with Crippen molar-refractivity contribution in [2.24, 2.45) is 11.5 Å². The van der Waals surface area contributed by atoms with Crippen LogP contribution in [0.25, 0.3) is 0 Å². The average molecular weight is 525 g/mol. The summed E-state index contributed by atoms with van der Waals surface area (Å²) >= 11 is 0. The average Bonchev–Trinajstić information content (AvgIpc) is 2.42. The maximum absolute atomic E-state index is 11.1. The zero-order valence-electron chi connectivity index (χ0n) is 16.4. The lowest BCUT2D eigenvalue weighted by molar-refractivity contribution is 0.118. The predicted molar refractivity (Wildman–Crippen MR) is 106 cm³/mol. The fourth-order valence-corrected chi connectivity index (χ4v) is 6.91. The van der Waals surface area contributed by atoms with Gasteiger partial charge in [-0.1, -0.05) is 6.92 Å². The Balaban J connectivity index is 0. The van der Waals surface area contributed by atoms with Crippen LogP contribution in [0.4, 0.5) is 0 Å². The van der Waals surface area contributed by atoms with Crippen LogP contribution in [-0.2, 0) is 18.3 Å². The first-order chi connectivity index (χ1) is 12.9. The van der Waals surface area contributed by atoms with Gasteiger partial charge >= 0.3 is 30.4 Å². The Morgan fingerprint density at radius 2 is 1.13 bits per heavy atom. The molecule has 0 saturated carbocycles. The van der Waals surface area contributed by atoms with Gasteiger partial charge in [0.15, 0.2) is 0 Å². The predicted octanol–water partition coefficient (Wildman–Crippen LogP) is -1.93. The molecule has 0 radical (unpaired) electrons. The molecule has 184 valence electrons. The summed E-state index contributed by atoms with van der Waals surface area (Å²) in [5.41, 5.74) is 10.3. The molecule has 20 heteroatoms. The Hall–Kier alpha value is 0.440.